The van der Waals surface area contributed by atoms with Crippen molar-refractivity contribution in [2.75, 3.05) is 12.3 Å². The minimum Gasteiger partial charge on any atom is -0.396 e. The molecule has 114 valence electrons. The standard InChI is InChI=1S/C12H18Cl2N2O3S/c1-7(2)3-8(17)6-16-20(18,19)9-4-10(13)12(15)11(14)5-9/h4-5,7-8,16-17H,3,6,15H2,1-2H3. The average molecular weight is 341 g/mol. The van der Waals surface area contributed by atoms with E-state index < -0.39 is 16.1 Å². The molecule has 0 amide bonds. The van der Waals surface area contributed by atoms with Crippen LogP contribution in [0.1, 0.15) is 20.3 Å². The molecular formula is C12H18Cl2N2O3S. The Kier molecular flexibility index (Phi) is 6.09. The maximum Gasteiger partial charge on any atom is 0.240 e. The summed E-state index contributed by atoms with van der Waals surface area (Å²) in [5.74, 6) is 0.273. The monoisotopic (exact) mass is 340 g/mol. The van der Waals surface area contributed by atoms with Crippen LogP contribution in [0.4, 0.5) is 5.69 Å². The zero-order valence-corrected chi connectivity index (χ0v) is 13.6. The number of benzene rings is 1. The highest BCUT2D eigenvalue weighted by Crippen LogP contribution is 2.30. The number of sulfonamides is 1. The number of aliphatic hydroxyl groups is 1. The summed E-state index contributed by atoms with van der Waals surface area (Å²) in [5.41, 5.74) is 5.68. The molecule has 0 aliphatic carbocycles. The van der Waals surface area contributed by atoms with E-state index >= 15 is 0 Å². The molecule has 0 aliphatic heterocycles. The first-order chi connectivity index (χ1) is 9.13. The maximum absolute atomic E-state index is 12.1. The zero-order chi connectivity index (χ0) is 15.5. The Labute approximate surface area is 129 Å². The van der Waals surface area contributed by atoms with Gasteiger partial charge in [-0.2, -0.15) is 0 Å². The summed E-state index contributed by atoms with van der Waals surface area (Å²) in [7, 11) is -3.79. The molecule has 0 spiro atoms. The minimum atomic E-state index is -3.79. The third-order valence-corrected chi connectivity index (χ3v) is 4.64. The van der Waals surface area contributed by atoms with Crippen molar-refractivity contribution >= 4 is 38.9 Å². The van der Waals surface area contributed by atoms with Crippen LogP contribution in [0.5, 0.6) is 0 Å². The predicted octanol–water partition coefficient (Wildman–Crippen LogP) is 2.26. The van der Waals surface area contributed by atoms with Gasteiger partial charge in [0.25, 0.3) is 0 Å². The maximum atomic E-state index is 12.1. The Morgan fingerprint density at radius 2 is 1.80 bits per heavy atom. The van der Waals surface area contributed by atoms with E-state index in [4.69, 9.17) is 28.9 Å². The van der Waals surface area contributed by atoms with Gasteiger partial charge in [-0.1, -0.05) is 37.0 Å². The van der Waals surface area contributed by atoms with Crippen molar-refractivity contribution in [3.63, 3.8) is 0 Å². The van der Waals surface area contributed by atoms with Gasteiger partial charge in [-0.25, -0.2) is 13.1 Å². The lowest BCUT2D eigenvalue weighted by Crippen LogP contribution is -2.32. The lowest BCUT2D eigenvalue weighted by Gasteiger charge is -2.14. The van der Waals surface area contributed by atoms with Gasteiger partial charge < -0.3 is 10.8 Å². The van der Waals surface area contributed by atoms with Gasteiger partial charge in [0.2, 0.25) is 10.0 Å². The molecule has 0 saturated carbocycles. The van der Waals surface area contributed by atoms with Crippen LogP contribution in [-0.4, -0.2) is 26.2 Å². The van der Waals surface area contributed by atoms with Crippen LogP contribution in [0.3, 0.4) is 0 Å². The number of rotatable bonds is 6. The SMILES string of the molecule is CC(C)CC(O)CNS(=O)(=O)c1cc(Cl)c(N)c(Cl)c1. The van der Waals surface area contributed by atoms with Crippen LogP contribution in [0.2, 0.25) is 10.0 Å². The fraction of sp³-hybridized carbons (Fsp3) is 0.500. The Hall–Kier alpha value is -0.530. The van der Waals surface area contributed by atoms with E-state index in [1.165, 1.54) is 12.1 Å². The van der Waals surface area contributed by atoms with E-state index in [-0.39, 0.29) is 33.1 Å². The van der Waals surface area contributed by atoms with Gasteiger partial charge in [0.15, 0.2) is 0 Å². The molecule has 0 saturated heterocycles. The predicted molar refractivity (Wildman–Crippen MR) is 81.5 cm³/mol. The summed E-state index contributed by atoms with van der Waals surface area (Å²) in [4.78, 5) is -0.0848. The first-order valence-electron chi connectivity index (χ1n) is 6.05. The van der Waals surface area contributed by atoms with Crippen molar-refractivity contribution in [1.82, 2.24) is 4.72 Å². The highest BCUT2D eigenvalue weighted by Gasteiger charge is 2.19. The van der Waals surface area contributed by atoms with E-state index in [2.05, 4.69) is 4.72 Å². The molecule has 1 rings (SSSR count). The first kappa shape index (κ1) is 17.5. The third kappa shape index (κ3) is 4.79. The molecule has 0 fully saturated rings. The molecule has 8 heteroatoms. The van der Waals surface area contributed by atoms with Gasteiger partial charge in [-0.05, 0) is 24.5 Å². The molecule has 1 aromatic carbocycles. The molecule has 0 aliphatic rings. The summed E-state index contributed by atoms with van der Waals surface area (Å²) >= 11 is 11.6. The van der Waals surface area contributed by atoms with Crippen LogP contribution in [0, 0.1) is 5.92 Å². The quantitative estimate of drug-likeness (QED) is 0.692. The molecule has 5 nitrogen and oxygen atoms in total. The second-order valence-electron chi connectivity index (χ2n) is 4.94. The van der Waals surface area contributed by atoms with Gasteiger partial charge >= 0.3 is 0 Å². The van der Waals surface area contributed by atoms with Crippen molar-refractivity contribution in [1.29, 1.82) is 0 Å². The Morgan fingerprint density at radius 3 is 2.25 bits per heavy atom. The van der Waals surface area contributed by atoms with Crippen molar-refractivity contribution in [3.8, 4) is 0 Å². The van der Waals surface area contributed by atoms with Gasteiger partial charge in [-0.3, -0.25) is 0 Å². The molecular weight excluding hydrogens is 323 g/mol. The van der Waals surface area contributed by atoms with E-state index in [1.54, 1.807) is 0 Å². The minimum absolute atomic E-state index is 0.0693. The topological polar surface area (TPSA) is 92.4 Å². The van der Waals surface area contributed by atoms with Gasteiger partial charge in [0.1, 0.15) is 0 Å². The smallest absolute Gasteiger partial charge is 0.240 e. The molecule has 4 N–H and O–H groups in total. The lowest BCUT2D eigenvalue weighted by molar-refractivity contribution is 0.152. The summed E-state index contributed by atoms with van der Waals surface area (Å²) in [6.07, 6.45) is -0.240. The van der Waals surface area contributed by atoms with Crippen LogP contribution in [0.25, 0.3) is 0 Å². The second kappa shape index (κ2) is 6.95. The van der Waals surface area contributed by atoms with E-state index in [0.717, 1.165) is 0 Å². The number of aliphatic hydroxyl groups excluding tert-OH is 1. The molecule has 0 radical (unpaired) electrons. The largest absolute Gasteiger partial charge is 0.396 e. The van der Waals surface area contributed by atoms with Crippen LogP contribution >= 0.6 is 23.2 Å². The number of anilines is 1. The number of nitrogens with two attached hydrogens (primary N) is 1. The lowest BCUT2D eigenvalue weighted by atomic mass is 10.1. The molecule has 0 aromatic heterocycles. The highest BCUT2D eigenvalue weighted by molar-refractivity contribution is 7.89. The third-order valence-electron chi connectivity index (χ3n) is 2.62. The number of nitrogens with one attached hydrogen (secondary N) is 1. The van der Waals surface area contributed by atoms with Crippen molar-refractivity contribution in [3.05, 3.63) is 22.2 Å². The molecule has 0 heterocycles. The molecule has 1 atom stereocenters. The van der Waals surface area contributed by atoms with Gasteiger partial charge in [0.05, 0.1) is 26.7 Å². The summed E-state index contributed by atoms with van der Waals surface area (Å²) < 4.78 is 26.4. The number of hydrogen-bond donors (Lipinski definition) is 3. The van der Waals surface area contributed by atoms with E-state index in [9.17, 15) is 13.5 Å². The Morgan fingerprint density at radius 1 is 1.30 bits per heavy atom. The molecule has 0 bridgehead atoms. The Balaban J connectivity index is 2.84. The summed E-state index contributed by atoms with van der Waals surface area (Å²) in [5, 5.41) is 9.82. The zero-order valence-electron chi connectivity index (χ0n) is 11.2. The van der Waals surface area contributed by atoms with Crippen LogP contribution in [-0.2, 0) is 10.0 Å². The molecule has 1 aromatic rings. The fourth-order valence-corrected chi connectivity index (χ4v) is 3.37. The van der Waals surface area contributed by atoms with Gasteiger partial charge in [-0.15, -0.1) is 0 Å². The fourth-order valence-electron chi connectivity index (χ4n) is 1.63. The van der Waals surface area contributed by atoms with Crippen LogP contribution in [0.15, 0.2) is 17.0 Å². The summed E-state index contributed by atoms with van der Waals surface area (Å²) in [6, 6.07) is 2.44. The number of halogens is 2. The number of nitrogen functional groups attached to an aromatic ring is 1. The Bertz CT molecular complexity index is 553. The van der Waals surface area contributed by atoms with E-state index in [0.29, 0.717) is 6.42 Å². The van der Waals surface area contributed by atoms with E-state index in [1.807, 2.05) is 13.8 Å². The first-order valence-corrected chi connectivity index (χ1v) is 8.29. The molecule has 20 heavy (non-hydrogen) atoms. The van der Waals surface area contributed by atoms with Gasteiger partial charge in [0, 0.05) is 6.54 Å². The van der Waals surface area contributed by atoms with Crippen LogP contribution < -0.4 is 10.5 Å². The normalized spacial score (nSPS) is 13.7. The molecule has 1 unspecified atom stereocenters. The second-order valence-corrected chi connectivity index (χ2v) is 7.52. The summed E-state index contributed by atoms with van der Waals surface area (Å²) in [6.45, 7) is 3.81. The van der Waals surface area contributed by atoms with Crippen molar-refractivity contribution in [2.24, 2.45) is 5.92 Å². The highest BCUT2D eigenvalue weighted by atomic mass is 35.5. The number of hydrogen-bond acceptors (Lipinski definition) is 4. The van der Waals surface area contributed by atoms with Crippen molar-refractivity contribution < 1.29 is 13.5 Å². The average Bonchev–Trinajstić information content (AvgIpc) is 2.32. The van der Waals surface area contributed by atoms with Crippen molar-refractivity contribution in [2.45, 2.75) is 31.3 Å².